The smallest absolute Gasteiger partial charge is 0.119 e. The summed E-state index contributed by atoms with van der Waals surface area (Å²) in [5, 5.41) is 9.51. The van der Waals surface area contributed by atoms with Gasteiger partial charge in [-0.1, -0.05) is 13.3 Å². The Morgan fingerprint density at radius 3 is 2.24 bits per heavy atom. The Morgan fingerprint density at radius 2 is 1.76 bits per heavy atom. The number of hydrogen-bond acceptors (Lipinski definition) is 3. The first kappa shape index (κ1) is 13.8. The lowest BCUT2D eigenvalue weighted by Gasteiger charge is -2.18. The van der Waals surface area contributed by atoms with Crippen LogP contribution in [0.15, 0.2) is 24.3 Å². The highest BCUT2D eigenvalue weighted by Crippen LogP contribution is 2.19. The zero-order chi connectivity index (χ0) is 12.7. The minimum absolute atomic E-state index is 0.264. The first-order valence-corrected chi connectivity index (χ1v) is 6.12. The second kappa shape index (κ2) is 7.17. The first-order chi connectivity index (χ1) is 8.17. The van der Waals surface area contributed by atoms with Crippen LogP contribution in [-0.2, 0) is 0 Å². The largest absolute Gasteiger partial charge is 0.497 e. The minimum Gasteiger partial charge on any atom is -0.497 e. The lowest BCUT2D eigenvalue weighted by molar-refractivity contribution is 0.106. The van der Waals surface area contributed by atoms with Gasteiger partial charge in [0.15, 0.2) is 0 Å². The molecule has 0 amide bonds. The van der Waals surface area contributed by atoms with Crippen molar-refractivity contribution in [2.75, 3.05) is 13.7 Å². The van der Waals surface area contributed by atoms with Crippen molar-refractivity contribution in [3.63, 3.8) is 0 Å². The Kier molecular flexibility index (Phi) is 5.84. The van der Waals surface area contributed by atoms with Crippen LogP contribution in [0.3, 0.4) is 0 Å². The van der Waals surface area contributed by atoms with E-state index < -0.39 is 0 Å². The van der Waals surface area contributed by atoms with Gasteiger partial charge in [0.2, 0.25) is 0 Å². The summed E-state index contributed by atoms with van der Waals surface area (Å²) >= 11 is 0. The standard InChI is InChI=1S/C14H22O3/c1-4-12(11(2)15)9-10-17-14-7-5-13(16-3)6-8-14/h5-8,11-12,15H,4,9-10H2,1-3H3. The van der Waals surface area contributed by atoms with E-state index in [0.29, 0.717) is 12.5 Å². The fourth-order valence-corrected chi connectivity index (χ4v) is 1.79. The maximum atomic E-state index is 9.51. The molecule has 0 spiro atoms. The van der Waals surface area contributed by atoms with Crippen molar-refractivity contribution in [1.82, 2.24) is 0 Å². The quantitative estimate of drug-likeness (QED) is 0.794. The molecular formula is C14H22O3. The molecule has 2 atom stereocenters. The number of ether oxygens (including phenoxy) is 2. The molecule has 0 aromatic heterocycles. The molecule has 96 valence electrons. The number of aliphatic hydroxyl groups excluding tert-OH is 1. The average molecular weight is 238 g/mol. The van der Waals surface area contributed by atoms with Crippen molar-refractivity contribution in [2.45, 2.75) is 32.8 Å². The van der Waals surface area contributed by atoms with Crippen LogP contribution in [-0.4, -0.2) is 24.9 Å². The van der Waals surface area contributed by atoms with Crippen LogP contribution in [0.1, 0.15) is 26.7 Å². The molecule has 3 heteroatoms. The summed E-state index contributed by atoms with van der Waals surface area (Å²) in [6, 6.07) is 7.53. The number of methoxy groups -OCH3 is 1. The van der Waals surface area contributed by atoms with Gasteiger partial charge in [-0.25, -0.2) is 0 Å². The Morgan fingerprint density at radius 1 is 1.18 bits per heavy atom. The maximum Gasteiger partial charge on any atom is 0.119 e. The number of benzene rings is 1. The van der Waals surface area contributed by atoms with E-state index in [2.05, 4.69) is 6.92 Å². The average Bonchev–Trinajstić information content (AvgIpc) is 2.35. The fraction of sp³-hybridized carbons (Fsp3) is 0.571. The van der Waals surface area contributed by atoms with Gasteiger partial charge in [-0.2, -0.15) is 0 Å². The molecule has 17 heavy (non-hydrogen) atoms. The highest BCUT2D eigenvalue weighted by Gasteiger charge is 2.12. The van der Waals surface area contributed by atoms with E-state index in [0.717, 1.165) is 24.3 Å². The molecule has 0 bridgehead atoms. The van der Waals surface area contributed by atoms with Crippen LogP contribution < -0.4 is 9.47 Å². The molecular weight excluding hydrogens is 216 g/mol. The number of hydrogen-bond donors (Lipinski definition) is 1. The minimum atomic E-state index is -0.264. The molecule has 0 aliphatic heterocycles. The van der Waals surface area contributed by atoms with Crippen LogP contribution in [0.5, 0.6) is 11.5 Å². The van der Waals surface area contributed by atoms with Gasteiger partial charge in [-0.15, -0.1) is 0 Å². The molecule has 1 rings (SSSR count). The summed E-state index contributed by atoms with van der Waals surface area (Å²) < 4.78 is 10.7. The van der Waals surface area contributed by atoms with Gasteiger partial charge >= 0.3 is 0 Å². The third-order valence-corrected chi connectivity index (χ3v) is 3.02. The molecule has 0 heterocycles. The lowest BCUT2D eigenvalue weighted by atomic mass is 9.97. The van der Waals surface area contributed by atoms with Crippen LogP contribution in [0.25, 0.3) is 0 Å². The Bertz CT molecular complexity index is 306. The molecule has 1 N–H and O–H groups in total. The van der Waals surface area contributed by atoms with Gasteiger partial charge in [-0.05, 0) is 43.5 Å². The third kappa shape index (κ3) is 4.65. The molecule has 0 aliphatic rings. The van der Waals surface area contributed by atoms with Crippen LogP contribution in [0.2, 0.25) is 0 Å². The lowest BCUT2D eigenvalue weighted by Crippen LogP contribution is -2.18. The fourth-order valence-electron chi connectivity index (χ4n) is 1.79. The third-order valence-electron chi connectivity index (χ3n) is 3.02. The first-order valence-electron chi connectivity index (χ1n) is 6.12. The van der Waals surface area contributed by atoms with E-state index in [1.807, 2.05) is 31.2 Å². The highest BCUT2D eigenvalue weighted by atomic mass is 16.5. The molecule has 0 radical (unpaired) electrons. The predicted molar refractivity (Wildman–Crippen MR) is 68.6 cm³/mol. The molecule has 0 fully saturated rings. The second-order valence-electron chi connectivity index (χ2n) is 4.22. The summed E-state index contributed by atoms with van der Waals surface area (Å²) in [6.07, 6.45) is 1.59. The van der Waals surface area contributed by atoms with Crippen molar-refractivity contribution < 1.29 is 14.6 Å². The normalized spacial score (nSPS) is 14.1. The summed E-state index contributed by atoms with van der Waals surface area (Å²) in [7, 11) is 1.64. The molecule has 0 saturated carbocycles. The van der Waals surface area contributed by atoms with E-state index in [1.165, 1.54) is 0 Å². The number of aliphatic hydroxyl groups is 1. The van der Waals surface area contributed by atoms with Crippen LogP contribution in [0, 0.1) is 5.92 Å². The van der Waals surface area contributed by atoms with Crippen molar-refractivity contribution in [2.24, 2.45) is 5.92 Å². The van der Waals surface area contributed by atoms with E-state index in [4.69, 9.17) is 9.47 Å². The number of rotatable bonds is 7. The second-order valence-corrected chi connectivity index (χ2v) is 4.22. The topological polar surface area (TPSA) is 38.7 Å². The van der Waals surface area contributed by atoms with Crippen molar-refractivity contribution in [1.29, 1.82) is 0 Å². The molecule has 2 unspecified atom stereocenters. The van der Waals surface area contributed by atoms with Gasteiger partial charge < -0.3 is 14.6 Å². The molecule has 1 aromatic carbocycles. The molecule has 1 aromatic rings. The van der Waals surface area contributed by atoms with Gasteiger partial charge in [0.05, 0.1) is 19.8 Å². The molecule has 3 nitrogen and oxygen atoms in total. The van der Waals surface area contributed by atoms with Crippen LogP contribution in [0.4, 0.5) is 0 Å². The Labute approximate surface area is 103 Å². The highest BCUT2D eigenvalue weighted by molar-refractivity contribution is 5.31. The summed E-state index contributed by atoms with van der Waals surface area (Å²) in [4.78, 5) is 0. The SMILES string of the molecule is CCC(CCOc1ccc(OC)cc1)C(C)O. The summed E-state index contributed by atoms with van der Waals surface area (Å²) in [6.45, 7) is 4.56. The zero-order valence-electron chi connectivity index (χ0n) is 10.8. The Hall–Kier alpha value is -1.22. The Balaban J connectivity index is 2.34. The van der Waals surface area contributed by atoms with Crippen molar-refractivity contribution in [3.05, 3.63) is 24.3 Å². The van der Waals surface area contributed by atoms with E-state index in [9.17, 15) is 5.11 Å². The van der Waals surface area contributed by atoms with Gasteiger partial charge in [-0.3, -0.25) is 0 Å². The van der Waals surface area contributed by atoms with Crippen molar-refractivity contribution in [3.8, 4) is 11.5 Å². The summed E-state index contributed by atoms with van der Waals surface area (Å²) in [5.41, 5.74) is 0. The van der Waals surface area contributed by atoms with Crippen LogP contribution >= 0.6 is 0 Å². The monoisotopic (exact) mass is 238 g/mol. The van der Waals surface area contributed by atoms with Gasteiger partial charge in [0.1, 0.15) is 11.5 Å². The van der Waals surface area contributed by atoms with Crippen molar-refractivity contribution >= 4 is 0 Å². The van der Waals surface area contributed by atoms with E-state index in [-0.39, 0.29) is 6.10 Å². The van der Waals surface area contributed by atoms with Gasteiger partial charge in [0.25, 0.3) is 0 Å². The summed E-state index contributed by atoms with van der Waals surface area (Å²) in [5.74, 6) is 1.98. The van der Waals surface area contributed by atoms with E-state index >= 15 is 0 Å². The maximum absolute atomic E-state index is 9.51. The zero-order valence-corrected chi connectivity index (χ0v) is 10.8. The molecule has 0 saturated heterocycles. The van der Waals surface area contributed by atoms with Gasteiger partial charge in [0, 0.05) is 0 Å². The predicted octanol–water partition coefficient (Wildman–Crippen LogP) is 2.87. The molecule has 0 aliphatic carbocycles. The van der Waals surface area contributed by atoms with E-state index in [1.54, 1.807) is 7.11 Å².